The topological polar surface area (TPSA) is 90.7 Å². The Hall–Kier alpha value is -3.04. The van der Waals surface area contributed by atoms with Gasteiger partial charge in [-0.15, -0.1) is 13.2 Å². The molecule has 10 heteroatoms. The lowest BCUT2D eigenvalue weighted by atomic mass is 10.1. The second-order valence-electron chi connectivity index (χ2n) is 6.27. The van der Waals surface area contributed by atoms with Gasteiger partial charge in [0.2, 0.25) is 0 Å². The number of carbonyl (C=O) groups is 2. The number of rotatable bonds is 6. The number of nitrogens with zero attached hydrogens (tertiary/aromatic N) is 1. The first-order valence-corrected chi connectivity index (χ1v) is 8.31. The highest BCUT2D eigenvalue weighted by atomic mass is 19.4. The maximum Gasteiger partial charge on any atom is 0.573 e. The molecular formula is C18H19F3N2O5. The normalized spacial score (nSPS) is 12.6. The molecule has 1 amide bonds. The molecule has 152 valence electrons. The Morgan fingerprint density at radius 2 is 1.75 bits per heavy atom. The van der Waals surface area contributed by atoms with Gasteiger partial charge >= 0.3 is 12.3 Å². The number of ether oxygens (including phenoxy) is 2. The highest BCUT2D eigenvalue weighted by Gasteiger charge is 2.31. The minimum Gasteiger partial charge on any atom is -0.449 e. The summed E-state index contributed by atoms with van der Waals surface area (Å²) in [6.45, 7) is 6.59. The summed E-state index contributed by atoms with van der Waals surface area (Å²) in [5, 5.41) is 6.19. The predicted octanol–water partition coefficient (Wildman–Crippen LogP) is 4.19. The summed E-state index contributed by atoms with van der Waals surface area (Å²) in [5.41, 5.74) is 0.733. The summed E-state index contributed by atoms with van der Waals surface area (Å²) in [6, 6.07) is 4.56. The number of anilines is 1. The van der Waals surface area contributed by atoms with E-state index in [-0.39, 0.29) is 17.2 Å². The Labute approximate surface area is 158 Å². The van der Waals surface area contributed by atoms with Crippen LogP contribution in [-0.2, 0) is 9.53 Å². The van der Waals surface area contributed by atoms with Crippen molar-refractivity contribution in [3.8, 4) is 5.75 Å². The first kappa shape index (κ1) is 21.3. The molecular weight excluding hydrogens is 381 g/mol. The van der Waals surface area contributed by atoms with Crippen molar-refractivity contribution in [1.29, 1.82) is 0 Å². The van der Waals surface area contributed by atoms with Gasteiger partial charge in [-0.25, -0.2) is 4.79 Å². The second kappa shape index (κ2) is 8.32. The van der Waals surface area contributed by atoms with Crippen LogP contribution in [0.1, 0.15) is 48.5 Å². The van der Waals surface area contributed by atoms with Crippen LogP contribution in [0, 0.1) is 6.92 Å². The molecule has 0 fully saturated rings. The molecule has 2 aromatic rings. The molecule has 0 saturated carbocycles. The Bertz CT molecular complexity index is 844. The predicted molar refractivity (Wildman–Crippen MR) is 92.0 cm³/mol. The number of hydrogen-bond donors (Lipinski definition) is 1. The van der Waals surface area contributed by atoms with Crippen LogP contribution < -0.4 is 10.1 Å². The van der Waals surface area contributed by atoms with Gasteiger partial charge in [0.05, 0.1) is 5.69 Å². The summed E-state index contributed by atoms with van der Waals surface area (Å²) in [4.78, 5) is 24.6. The molecule has 0 spiro atoms. The van der Waals surface area contributed by atoms with Crippen LogP contribution in [0.15, 0.2) is 28.8 Å². The Balaban J connectivity index is 1.99. The van der Waals surface area contributed by atoms with E-state index < -0.39 is 30.1 Å². The molecule has 0 aliphatic rings. The minimum absolute atomic E-state index is 0.106. The summed E-state index contributed by atoms with van der Waals surface area (Å²) < 4.78 is 50.5. The molecule has 1 heterocycles. The van der Waals surface area contributed by atoms with Crippen LogP contribution in [-0.4, -0.2) is 29.5 Å². The number of benzene rings is 1. The Morgan fingerprint density at radius 3 is 2.29 bits per heavy atom. The summed E-state index contributed by atoms with van der Waals surface area (Å²) in [6.07, 6.45) is -5.96. The van der Waals surface area contributed by atoms with Crippen LogP contribution in [0.25, 0.3) is 0 Å². The SMILES string of the molecule is Cc1noc(C(C)C)c1C(=O)O[C@H](C)C(=O)Nc1ccc(OC(F)(F)F)cc1. The average Bonchev–Trinajstić information content (AvgIpc) is 2.97. The minimum atomic E-state index is -4.80. The van der Waals surface area contributed by atoms with E-state index in [0.717, 1.165) is 12.1 Å². The Kier molecular flexibility index (Phi) is 6.32. The van der Waals surface area contributed by atoms with Gasteiger partial charge in [-0.05, 0) is 38.1 Å². The third kappa shape index (κ3) is 5.48. The van der Waals surface area contributed by atoms with Gasteiger partial charge in [-0.1, -0.05) is 19.0 Å². The maximum atomic E-state index is 12.4. The van der Waals surface area contributed by atoms with E-state index in [1.54, 1.807) is 6.92 Å². The number of amides is 1. The van der Waals surface area contributed by atoms with E-state index in [2.05, 4.69) is 15.2 Å². The van der Waals surface area contributed by atoms with Crippen molar-refractivity contribution in [1.82, 2.24) is 5.16 Å². The van der Waals surface area contributed by atoms with Crippen LogP contribution in [0.2, 0.25) is 0 Å². The highest BCUT2D eigenvalue weighted by molar-refractivity contribution is 5.98. The van der Waals surface area contributed by atoms with Crippen molar-refractivity contribution < 1.29 is 36.8 Å². The number of alkyl halides is 3. The van der Waals surface area contributed by atoms with Crippen LogP contribution >= 0.6 is 0 Å². The zero-order chi connectivity index (χ0) is 21.1. The number of esters is 1. The van der Waals surface area contributed by atoms with E-state index in [1.807, 2.05) is 13.8 Å². The molecule has 1 aromatic heterocycles. The monoisotopic (exact) mass is 400 g/mol. The van der Waals surface area contributed by atoms with Crippen molar-refractivity contribution in [3.05, 3.63) is 41.3 Å². The molecule has 1 N–H and O–H groups in total. The fourth-order valence-electron chi connectivity index (χ4n) is 2.29. The Morgan fingerprint density at radius 1 is 1.14 bits per heavy atom. The van der Waals surface area contributed by atoms with Crippen molar-refractivity contribution >= 4 is 17.6 Å². The molecule has 0 aliphatic heterocycles. The van der Waals surface area contributed by atoms with E-state index in [0.29, 0.717) is 11.5 Å². The first-order chi connectivity index (χ1) is 13.0. The maximum absolute atomic E-state index is 12.4. The number of hydrogen-bond acceptors (Lipinski definition) is 6. The lowest BCUT2D eigenvalue weighted by Gasteiger charge is -2.14. The fourth-order valence-corrected chi connectivity index (χ4v) is 2.29. The van der Waals surface area contributed by atoms with E-state index >= 15 is 0 Å². The van der Waals surface area contributed by atoms with Gasteiger partial charge in [0.15, 0.2) is 11.9 Å². The molecule has 0 bridgehead atoms. The number of nitrogens with one attached hydrogen (secondary N) is 1. The lowest BCUT2D eigenvalue weighted by Crippen LogP contribution is -2.30. The first-order valence-electron chi connectivity index (χ1n) is 8.31. The van der Waals surface area contributed by atoms with Gasteiger partial charge in [-0.3, -0.25) is 4.79 Å². The second-order valence-corrected chi connectivity index (χ2v) is 6.27. The molecule has 7 nitrogen and oxygen atoms in total. The van der Waals surface area contributed by atoms with Gasteiger partial charge in [-0.2, -0.15) is 0 Å². The van der Waals surface area contributed by atoms with Gasteiger partial charge in [0.1, 0.15) is 11.3 Å². The van der Waals surface area contributed by atoms with Crippen molar-refractivity contribution in [2.45, 2.75) is 46.1 Å². The summed E-state index contributed by atoms with van der Waals surface area (Å²) in [7, 11) is 0. The van der Waals surface area contributed by atoms with Gasteiger partial charge in [0.25, 0.3) is 5.91 Å². The van der Waals surface area contributed by atoms with Gasteiger partial charge in [0, 0.05) is 11.6 Å². The molecule has 0 aliphatic carbocycles. The standard InChI is InChI=1S/C18H19F3N2O5/c1-9(2)15-14(10(3)23-28-15)17(25)26-11(4)16(24)22-12-5-7-13(8-6-12)27-18(19,20)21/h5-9,11H,1-4H3,(H,22,24)/t11-/m1/s1. The van der Waals surface area contributed by atoms with Crippen LogP contribution in [0.4, 0.5) is 18.9 Å². The van der Waals surface area contributed by atoms with E-state index in [1.165, 1.54) is 19.1 Å². The van der Waals surface area contributed by atoms with Crippen LogP contribution in [0.3, 0.4) is 0 Å². The number of aromatic nitrogens is 1. The zero-order valence-corrected chi connectivity index (χ0v) is 15.6. The molecule has 1 aromatic carbocycles. The molecule has 0 radical (unpaired) electrons. The number of halogens is 3. The summed E-state index contributed by atoms with van der Waals surface area (Å²) in [5.74, 6) is -1.58. The summed E-state index contributed by atoms with van der Waals surface area (Å²) >= 11 is 0. The smallest absolute Gasteiger partial charge is 0.449 e. The quantitative estimate of drug-likeness (QED) is 0.732. The van der Waals surface area contributed by atoms with Crippen molar-refractivity contribution in [3.63, 3.8) is 0 Å². The van der Waals surface area contributed by atoms with Crippen molar-refractivity contribution in [2.24, 2.45) is 0 Å². The fraction of sp³-hybridized carbons (Fsp3) is 0.389. The van der Waals surface area contributed by atoms with E-state index in [4.69, 9.17) is 9.26 Å². The molecule has 2 rings (SSSR count). The average molecular weight is 400 g/mol. The van der Waals surface area contributed by atoms with Crippen molar-refractivity contribution in [2.75, 3.05) is 5.32 Å². The van der Waals surface area contributed by atoms with Gasteiger partial charge < -0.3 is 19.3 Å². The third-order valence-corrected chi connectivity index (χ3v) is 3.63. The third-order valence-electron chi connectivity index (χ3n) is 3.63. The zero-order valence-electron chi connectivity index (χ0n) is 15.6. The highest BCUT2D eigenvalue weighted by Crippen LogP contribution is 2.25. The number of aryl methyl sites for hydroxylation is 1. The molecule has 0 saturated heterocycles. The molecule has 0 unspecified atom stereocenters. The molecule has 28 heavy (non-hydrogen) atoms. The largest absolute Gasteiger partial charge is 0.573 e. The molecule has 1 atom stereocenters. The van der Waals surface area contributed by atoms with E-state index in [9.17, 15) is 22.8 Å². The van der Waals surface area contributed by atoms with Crippen LogP contribution in [0.5, 0.6) is 5.75 Å². The lowest BCUT2D eigenvalue weighted by molar-refractivity contribution is -0.274. The number of carbonyl (C=O) groups excluding carboxylic acids is 2.